The van der Waals surface area contributed by atoms with Crippen LogP contribution in [-0.4, -0.2) is 39.8 Å². The summed E-state index contributed by atoms with van der Waals surface area (Å²) in [5, 5.41) is 7.64. The van der Waals surface area contributed by atoms with Crippen molar-refractivity contribution in [2.75, 3.05) is 13.1 Å². The van der Waals surface area contributed by atoms with E-state index in [1.165, 1.54) is 23.9 Å². The van der Waals surface area contributed by atoms with Gasteiger partial charge in [-0.05, 0) is 18.9 Å². The van der Waals surface area contributed by atoms with Crippen LogP contribution in [0.25, 0.3) is 11.3 Å². The van der Waals surface area contributed by atoms with Gasteiger partial charge in [-0.15, -0.1) is 0 Å². The first-order valence-corrected chi connectivity index (χ1v) is 9.41. The summed E-state index contributed by atoms with van der Waals surface area (Å²) in [5.41, 5.74) is 1.63. The van der Waals surface area contributed by atoms with E-state index in [-0.39, 0.29) is 17.6 Å². The molecule has 2 fully saturated rings. The molecule has 0 radical (unpaired) electrons. The molecule has 0 unspecified atom stereocenters. The summed E-state index contributed by atoms with van der Waals surface area (Å²) in [7, 11) is 0. The molecule has 1 aliphatic carbocycles. The quantitative estimate of drug-likeness (QED) is 0.924. The molecule has 0 atom stereocenters. The summed E-state index contributed by atoms with van der Waals surface area (Å²) in [6, 6.07) is 13.3. The van der Waals surface area contributed by atoms with Crippen LogP contribution in [-0.2, 0) is 0 Å². The van der Waals surface area contributed by atoms with E-state index in [0.717, 1.165) is 24.1 Å². The molecule has 2 heterocycles. The highest BCUT2D eigenvalue weighted by atomic mass is 16.2. The van der Waals surface area contributed by atoms with Gasteiger partial charge in [-0.1, -0.05) is 49.6 Å². The second kappa shape index (κ2) is 7.32. The van der Waals surface area contributed by atoms with Crippen LogP contribution < -0.4 is 10.9 Å². The number of nitrogens with zero attached hydrogens (tertiary/aromatic N) is 3. The normalized spacial score (nSPS) is 18.4. The third-order valence-electron chi connectivity index (χ3n) is 5.32. The lowest BCUT2D eigenvalue weighted by Gasteiger charge is -2.40. The maximum Gasteiger partial charge on any atom is 0.317 e. The Kier molecular flexibility index (Phi) is 4.73. The Labute approximate surface area is 152 Å². The number of hydrogen-bond acceptors (Lipinski definition) is 3. The molecule has 1 N–H and O–H groups in total. The van der Waals surface area contributed by atoms with Gasteiger partial charge in [0, 0.05) is 30.8 Å². The predicted molar refractivity (Wildman–Crippen MR) is 99.9 cm³/mol. The predicted octanol–water partition coefficient (Wildman–Crippen LogP) is 2.81. The van der Waals surface area contributed by atoms with E-state index in [0.29, 0.717) is 19.1 Å². The zero-order valence-corrected chi connectivity index (χ0v) is 14.8. The number of urea groups is 1. The molecule has 2 aromatic rings. The Hall–Kier alpha value is -2.63. The Balaban J connectivity index is 1.40. The van der Waals surface area contributed by atoms with Crippen molar-refractivity contribution < 1.29 is 4.79 Å². The minimum absolute atomic E-state index is 0.0135. The third-order valence-corrected chi connectivity index (χ3v) is 5.32. The van der Waals surface area contributed by atoms with Gasteiger partial charge in [0.1, 0.15) is 0 Å². The molecule has 136 valence electrons. The minimum atomic E-state index is -0.123. The van der Waals surface area contributed by atoms with Crippen LogP contribution in [0.3, 0.4) is 0 Å². The zero-order valence-electron chi connectivity index (χ0n) is 14.8. The van der Waals surface area contributed by atoms with Gasteiger partial charge >= 0.3 is 6.03 Å². The van der Waals surface area contributed by atoms with Crippen LogP contribution >= 0.6 is 0 Å². The first-order valence-electron chi connectivity index (χ1n) is 9.41. The molecule has 1 saturated heterocycles. The topological polar surface area (TPSA) is 67.2 Å². The maximum absolute atomic E-state index is 12.4. The Bertz CT molecular complexity index is 821. The van der Waals surface area contributed by atoms with E-state index in [4.69, 9.17) is 0 Å². The summed E-state index contributed by atoms with van der Waals surface area (Å²) in [5.74, 6) is 0. The first kappa shape index (κ1) is 16.8. The van der Waals surface area contributed by atoms with Crippen molar-refractivity contribution in [2.24, 2.45) is 0 Å². The van der Waals surface area contributed by atoms with Crippen LogP contribution in [0.15, 0.2) is 47.3 Å². The van der Waals surface area contributed by atoms with Crippen molar-refractivity contribution in [3.05, 3.63) is 52.8 Å². The average Bonchev–Trinajstić information content (AvgIpc) is 2.63. The number of amides is 2. The minimum Gasteiger partial charge on any atom is -0.335 e. The van der Waals surface area contributed by atoms with Crippen molar-refractivity contribution in [3.8, 4) is 11.3 Å². The third kappa shape index (κ3) is 3.49. The van der Waals surface area contributed by atoms with E-state index >= 15 is 0 Å². The van der Waals surface area contributed by atoms with E-state index in [9.17, 15) is 9.59 Å². The zero-order chi connectivity index (χ0) is 17.9. The summed E-state index contributed by atoms with van der Waals surface area (Å²) in [6.45, 7) is 1.06. The highest BCUT2D eigenvalue weighted by molar-refractivity contribution is 5.75. The van der Waals surface area contributed by atoms with Gasteiger partial charge in [-0.3, -0.25) is 4.79 Å². The van der Waals surface area contributed by atoms with Crippen LogP contribution in [0, 0.1) is 0 Å². The van der Waals surface area contributed by atoms with Crippen molar-refractivity contribution in [2.45, 2.75) is 44.2 Å². The first-order chi connectivity index (χ1) is 12.7. The highest BCUT2D eigenvalue weighted by Gasteiger charge is 2.34. The maximum atomic E-state index is 12.4. The van der Waals surface area contributed by atoms with Crippen molar-refractivity contribution in [3.63, 3.8) is 0 Å². The molecule has 1 aromatic heterocycles. The van der Waals surface area contributed by atoms with Crippen LogP contribution in [0.5, 0.6) is 0 Å². The average molecular weight is 352 g/mol. The van der Waals surface area contributed by atoms with Gasteiger partial charge in [0.05, 0.1) is 11.7 Å². The molecular formula is C20H24N4O2. The van der Waals surface area contributed by atoms with Gasteiger partial charge < -0.3 is 10.2 Å². The van der Waals surface area contributed by atoms with Gasteiger partial charge in [0.2, 0.25) is 0 Å². The number of nitrogens with one attached hydrogen (secondary N) is 1. The van der Waals surface area contributed by atoms with E-state index in [2.05, 4.69) is 10.4 Å². The van der Waals surface area contributed by atoms with E-state index < -0.39 is 0 Å². The molecule has 1 aliphatic heterocycles. The number of benzene rings is 1. The molecule has 2 aliphatic rings. The summed E-state index contributed by atoms with van der Waals surface area (Å²) >= 11 is 0. The van der Waals surface area contributed by atoms with Crippen LogP contribution in [0.4, 0.5) is 4.79 Å². The summed E-state index contributed by atoms with van der Waals surface area (Å²) in [6.07, 6.45) is 5.80. The fraction of sp³-hybridized carbons (Fsp3) is 0.450. The van der Waals surface area contributed by atoms with Crippen LogP contribution in [0.1, 0.15) is 38.1 Å². The van der Waals surface area contributed by atoms with Gasteiger partial charge in [-0.25, -0.2) is 9.48 Å². The second-order valence-electron chi connectivity index (χ2n) is 7.21. The monoisotopic (exact) mass is 352 g/mol. The Morgan fingerprint density at radius 2 is 1.73 bits per heavy atom. The number of aromatic nitrogens is 2. The number of rotatable bonds is 3. The molecule has 0 bridgehead atoms. The summed E-state index contributed by atoms with van der Waals surface area (Å²) in [4.78, 5) is 26.3. The molecule has 26 heavy (non-hydrogen) atoms. The lowest BCUT2D eigenvalue weighted by molar-refractivity contribution is 0.112. The molecule has 1 saturated carbocycles. The standard InChI is InChI=1S/C20H24N4O2/c25-19-12-11-18(15-7-3-1-4-8-15)22-24(19)17-13-23(14-17)20(26)21-16-9-5-2-6-10-16/h1,3-4,7-8,11-12,16-17H,2,5-6,9-10,13-14H2,(H,21,26). The van der Waals surface area contributed by atoms with Crippen LogP contribution in [0.2, 0.25) is 0 Å². The molecule has 6 nitrogen and oxygen atoms in total. The van der Waals surface area contributed by atoms with E-state index in [1.807, 2.05) is 30.3 Å². The molecule has 0 spiro atoms. The lowest BCUT2D eigenvalue weighted by atomic mass is 9.95. The number of likely N-dealkylation sites (tertiary alicyclic amines) is 1. The van der Waals surface area contributed by atoms with Gasteiger partial charge in [0.25, 0.3) is 5.56 Å². The molecule has 2 amide bonds. The SMILES string of the molecule is O=C(NC1CCCCC1)N1CC(n2nc(-c3ccccc3)ccc2=O)C1. The van der Waals surface area contributed by atoms with Crippen molar-refractivity contribution in [1.29, 1.82) is 0 Å². The molecule has 1 aromatic carbocycles. The highest BCUT2D eigenvalue weighted by Crippen LogP contribution is 2.22. The van der Waals surface area contributed by atoms with Gasteiger partial charge in [0.15, 0.2) is 0 Å². The molecule has 4 rings (SSSR count). The molecular weight excluding hydrogens is 328 g/mol. The van der Waals surface area contributed by atoms with E-state index in [1.54, 1.807) is 17.0 Å². The van der Waals surface area contributed by atoms with Gasteiger partial charge in [-0.2, -0.15) is 5.10 Å². The largest absolute Gasteiger partial charge is 0.335 e. The molecule has 6 heteroatoms. The fourth-order valence-corrected chi connectivity index (χ4v) is 3.74. The number of carbonyl (C=O) groups excluding carboxylic acids is 1. The number of hydrogen-bond donors (Lipinski definition) is 1. The lowest BCUT2D eigenvalue weighted by Crippen LogP contribution is -2.57. The number of carbonyl (C=O) groups is 1. The second-order valence-corrected chi connectivity index (χ2v) is 7.21. The smallest absolute Gasteiger partial charge is 0.317 e. The Morgan fingerprint density at radius 3 is 2.46 bits per heavy atom. The summed E-state index contributed by atoms with van der Waals surface area (Å²) < 4.78 is 1.52. The van der Waals surface area contributed by atoms with Crippen molar-refractivity contribution in [1.82, 2.24) is 20.0 Å². The fourth-order valence-electron chi connectivity index (χ4n) is 3.74. The Morgan fingerprint density at radius 1 is 1.00 bits per heavy atom. The van der Waals surface area contributed by atoms with Crippen molar-refractivity contribution >= 4 is 6.03 Å².